The fourth-order valence-electron chi connectivity index (χ4n) is 2.00. The summed E-state index contributed by atoms with van der Waals surface area (Å²) < 4.78 is 27.2. The molecule has 3 aromatic rings. The molecule has 0 aliphatic heterocycles. The van der Waals surface area contributed by atoms with Crippen LogP contribution in [0.4, 0.5) is 0 Å². The molecule has 0 amide bonds. The molecular weight excluding hydrogens is 549 g/mol. The summed E-state index contributed by atoms with van der Waals surface area (Å²) in [4.78, 5) is 0. The van der Waals surface area contributed by atoms with Crippen molar-refractivity contribution >= 4 is 58.1 Å². The van der Waals surface area contributed by atoms with Crippen LogP contribution in [0.25, 0.3) is 0 Å². The van der Waals surface area contributed by atoms with Gasteiger partial charge in [0.25, 0.3) is 0 Å². The van der Waals surface area contributed by atoms with Crippen LogP contribution in [-0.4, -0.2) is 0 Å². The number of benzene rings is 3. The molecule has 0 saturated heterocycles. The molecule has 0 unspecified atom stereocenters. The molecule has 0 spiro atoms. The molecule has 122 valence electrons. The van der Waals surface area contributed by atoms with Crippen molar-refractivity contribution < 1.29 is 13.6 Å². The van der Waals surface area contributed by atoms with Crippen LogP contribution in [0, 0.1) is 7.14 Å². The van der Waals surface area contributed by atoms with E-state index in [-0.39, 0.29) is 0 Å². The molecule has 6 heteroatoms. The maximum absolute atomic E-state index is 13.5. The first-order valence-electron chi connectivity index (χ1n) is 7.11. The fourth-order valence-corrected chi connectivity index (χ4v) is 4.31. The highest BCUT2D eigenvalue weighted by atomic mass is 127. The number of hydrogen-bond acceptors (Lipinski definition) is 3. The Bertz CT molecular complexity index is 798. The van der Waals surface area contributed by atoms with E-state index >= 15 is 0 Å². The van der Waals surface area contributed by atoms with E-state index in [2.05, 4.69) is 45.2 Å². The van der Waals surface area contributed by atoms with Gasteiger partial charge in [0.2, 0.25) is 0 Å². The Morgan fingerprint density at radius 2 is 1.04 bits per heavy atom. The molecular formula is C18H13I2O3P. The monoisotopic (exact) mass is 562 g/mol. The highest BCUT2D eigenvalue weighted by Gasteiger charge is 2.31. The molecule has 0 heterocycles. The van der Waals surface area contributed by atoms with Gasteiger partial charge in [-0.25, -0.2) is 4.57 Å². The van der Waals surface area contributed by atoms with Crippen LogP contribution in [0.3, 0.4) is 0 Å². The predicted molar refractivity (Wildman–Crippen MR) is 113 cm³/mol. The normalized spacial score (nSPS) is 11.1. The van der Waals surface area contributed by atoms with Gasteiger partial charge in [-0.15, -0.1) is 0 Å². The van der Waals surface area contributed by atoms with Crippen molar-refractivity contribution in [3.8, 4) is 11.5 Å². The van der Waals surface area contributed by atoms with Gasteiger partial charge < -0.3 is 9.05 Å². The average Bonchev–Trinajstić information content (AvgIpc) is 2.60. The van der Waals surface area contributed by atoms with Gasteiger partial charge in [-0.1, -0.05) is 18.2 Å². The lowest BCUT2D eigenvalue weighted by molar-refractivity contribution is 0.399. The largest absolute Gasteiger partial charge is 0.462 e. The summed E-state index contributed by atoms with van der Waals surface area (Å²) >= 11 is 4.42. The standard InChI is InChI=1S/C18H13I2O3P/c19-14-6-10-16(11-7-14)22-24(21,18-4-2-1-3-5-18)23-17-12-8-15(20)9-13-17/h1-13H. The van der Waals surface area contributed by atoms with Gasteiger partial charge in [0.05, 0.1) is 5.30 Å². The summed E-state index contributed by atoms with van der Waals surface area (Å²) in [6, 6.07) is 23.7. The van der Waals surface area contributed by atoms with Crippen LogP contribution in [0.1, 0.15) is 0 Å². The van der Waals surface area contributed by atoms with Crippen LogP contribution < -0.4 is 14.4 Å². The second-order valence-corrected chi connectivity index (χ2v) is 9.29. The maximum Gasteiger partial charge on any atom is 0.462 e. The van der Waals surface area contributed by atoms with E-state index in [0.717, 1.165) is 7.14 Å². The van der Waals surface area contributed by atoms with E-state index in [0.29, 0.717) is 16.8 Å². The Morgan fingerprint density at radius 3 is 1.46 bits per heavy atom. The van der Waals surface area contributed by atoms with E-state index in [4.69, 9.17) is 9.05 Å². The summed E-state index contributed by atoms with van der Waals surface area (Å²) in [6.45, 7) is 0. The van der Waals surface area contributed by atoms with Crippen molar-refractivity contribution in [1.82, 2.24) is 0 Å². The highest BCUT2D eigenvalue weighted by Crippen LogP contribution is 2.47. The average molecular weight is 562 g/mol. The Hall–Kier alpha value is -1.05. The van der Waals surface area contributed by atoms with Crippen LogP contribution in [-0.2, 0) is 4.57 Å². The lowest BCUT2D eigenvalue weighted by atomic mass is 10.3. The van der Waals surface area contributed by atoms with E-state index < -0.39 is 7.60 Å². The van der Waals surface area contributed by atoms with Crippen molar-refractivity contribution in [2.75, 3.05) is 0 Å². The SMILES string of the molecule is O=P(Oc1ccc(I)cc1)(Oc1ccc(I)cc1)c1ccccc1. The maximum atomic E-state index is 13.5. The predicted octanol–water partition coefficient (Wildman–Crippen LogP) is 5.87. The molecule has 3 rings (SSSR count). The molecule has 0 N–H and O–H groups in total. The van der Waals surface area contributed by atoms with Crippen molar-refractivity contribution in [3.05, 3.63) is 86.0 Å². The smallest absolute Gasteiger partial charge is 0.413 e. The first-order valence-corrected chi connectivity index (χ1v) is 10.8. The molecule has 0 aliphatic rings. The van der Waals surface area contributed by atoms with E-state index in [9.17, 15) is 4.57 Å². The van der Waals surface area contributed by atoms with Crippen LogP contribution in [0.15, 0.2) is 78.9 Å². The van der Waals surface area contributed by atoms with E-state index in [1.807, 2.05) is 42.5 Å². The van der Waals surface area contributed by atoms with Gasteiger partial charge in [0.1, 0.15) is 11.5 Å². The Balaban J connectivity index is 1.95. The lowest BCUT2D eigenvalue weighted by Gasteiger charge is -2.20. The summed E-state index contributed by atoms with van der Waals surface area (Å²) in [5, 5.41) is 0.516. The zero-order valence-electron chi connectivity index (χ0n) is 12.4. The van der Waals surface area contributed by atoms with Crippen molar-refractivity contribution in [2.24, 2.45) is 0 Å². The van der Waals surface area contributed by atoms with Crippen molar-refractivity contribution in [3.63, 3.8) is 0 Å². The van der Waals surface area contributed by atoms with E-state index in [1.165, 1.54) is 0 Å². The zero-order chi connectivity index (χ0) is 17.0. The zero-order valence-corrected chi connectivity index (χ0v) is 17.6. The minimum absolute atomic E-state index is 0.508. The Kier molecular flexibility index (Phi) is 5.84. The Labute approximate surface area is 168 Å². The Morgan fingerprint density at radius 1 is 0.625 bits per heavy atom. The second kappa shape index (κ2) is 7.89. The van der Waals surface area contributed by atoms with Crippen LogP contribution >= 0.6 is 52.8 Å². The van der Waals surface area contributed by atoms with Crippen LogP contribution in [0.2, 0.25) is 0 Å². The molecule has 3 aromatic carbocycles. The molecule has 0 bridgehead atoms. The topological polar surface area (TPSA) is 35.5 Å². The third kappa shape index (κ3) is 4.52. The quantitative estimate of drug-likeness (QED) is 0.289. The minimum atomic E-state index is -3.55. The van der Waals surface area contributed by atoms with Gasteiger partial charge in [-0.2, -0.15) is 0 Å². The molecule has 0 fully saturated rings. The van der Waals surface area contributed by atoms with Crippen molar-refractivity contribution in [1.29, 1.82) is 0 Å². The van der Waals surface area contributed by atoms with Gasteiger partial charge in [0.15, 0.2) is 0 Å². The number of rotatable bonds is 5. The summed E-state index contributed by atoms with van der Waals surface area (Å²) in [7, 11) is -3.55. The van der Waals surface area contributed by atoms with Crippen LogP contribution in [0.5, 0.6) is 11.5 Å². The highest BCUT2D eigenvalue weighted by molar-refractivity contribution is 14.1. The number of halogens is 2. The van der Waals surface area contributed by atoms with Gasteiger partial charge in [-0.05, 0) is 106 Å². The molecule has 0 atom stereocenters. The second-order valence-electron chi connectivity index (χ2n) is 4.92. The lowest BCUT2D eigenvalue weighted by Crippen LogP contribution is -2.14. The molecule has 0 saturated carbocycles. The van der Waals surface area contributed by atoms with E-state index in [1.54, 1.807) is 36.4 Å². The minimum Gasteiger partial charge on any atom is -0.413 e. The molecule has 3 nitrogen and oxygen atoms in total. The summed E-state index contributed by atoms with van der Waals surface area (Å²) in [5.74, 6) is 1.02. The molecule has 0 radical (unpaired) electrons. The first-order chi connectivity index (χ1) is 11.5. The molecule has 0 aromatic heterocycles. The van der Waals surface area contributed by atoms with Gasteiger partial charge in [0, 0.05) is 7.14 Å². The molecule has 24 heavy (non-hydrogen) atoms. The first kappa shape index (κ1) is 17.8. The molecule has 0 aliphatic carbocycles. The third-order valence-electron chi connectivity index (χ3n) is 3.15. The third-order valence-corrected chi connectivity index (χ3v) is 6.42. The van der Waals surface area contributed by atoms with Crippen molar-refractivity contribution in [2.45, 2.75) is 0 Å². The van der Waals surface area contributed by atoms with Gasteiger partial charge >= 0.3 is 7.60 Å². The summed E-state index contributed by atoms with van der Waals surface area (Å²) in [6.07, 6.45) is 0. The van der Waals surface area contributed by atoms with Gasteiger partial charge in [-0.3, -0.25) is 0 Å². The number of hydrogen-bond donors (Lipinski definition) is 0. The summed E-state index contributed by atoms with van der Waals surface area (Å²) in [5.41, 5.74) is 0. The fraction of sp³-hybridized carbons (Fsp3) is 0.